The Bertz CT molecular complexity index is 465. The zero-order valence-corrected chi connectivity index (χ0v) is 12.1. The van der Waals surface area contributed by atoms with Gasteiger partial charge >= 0.3 is 0 Å². The first kappa shape index (κ1) is 14.6. The second-order valence-corrected chi connectivity index (χ2v) is 5.14. The molecule has 1 aliphatic heterocycles. The van der Waals surface area contributed by atoms with Crippen LogP contribution in [0.2, 0.25) is 0 Å². The number of carbonyl (C=O) groups is 1. The van der Waals surface area contributed by atoms with Crippen molar-refractivity contribution in [2.75, 3.05) is 44.2 Å². The molecular weight excluding hydrogens is 250 g/mol. The van der Waals surface area contributed by atoms with Crippen molar-refractivity contribution in [2.24, 2.45) is 0 Å². The quantitative estimate of drug-likeness (QED) is 0.824. The third kappa shape index (κ3) is 3.84. The van der Waals surface area contributed by atoms with Gasteiger partial charge in [-0.2, -0.15) is 0 Å². The van der Waals surface area contributed by atoms with Crippen LogP contribution in [-0.2, 0) is 4.79 Å². The van der Waals surface area contributed by atoms with Crippen LogP contribution >= 0.6 is 0 Å². The molecule has 0 saturated carbocycles. The summed E-state index contributed by atoms with van der Waals surface area (Å²) in [6, 6.07) is 8.46. The predicted molar refractivity (Wildman–Crippen MR) is 83.0 cm³/mol. The molecule has 1 aromatic rings. The van der Waals surface area contributed by atoms with Crippen molar-refractivity contribution in [3.05, 3.63) is 42.5 Å². The summed E-state index contributed by atoms with van der Waals surface area (Å²) in [7, 11) is 0. The number of hydrogen-bond donors (Lipinski definition) is 1. The largest absolute Gasteiger partial charge is 0.369 e. The molecule has 4 nitrogen and oxygen atoms in total. The van der Waals surface area contributed by atoms with E-state index in [-0.39, 0.29) is 5.91 Å². The fourth-order valence-corrected chi connectivity index (χ4v) is 2.51. The zero-order chi connectivity index (χ0) is 14.4. The van der Waals surface area contributed by atoms with Gasteiger partial charge in [0.25, 0.3) is 0 Å². The van der Waals surface area contributed by atoms with Crippen molar-refractivity contribution < 1.29 is 4.79 Å². The topological polar surface area (TPSA) is 35.6 Å². The Kier molecular flexibility index (Phi) is 5.18. The first-order valence-corrected chi connectivity index (χ1v) is 7.11. The minimum Gasteiger partial charge on any atom is -0.369 e. The zero-order valence-electron chi connectivity index (χ0n) is 12.1. The monoisotopic (exact) mass is 273 g/mol. The van der Waals surface area contributed by atoms with Crippen LogP contribution < -0.4 is 10.2 Å². The molecule has 108 valence electrons. The van der Waals surface area contributed by atoms with Crippen LogP contribution in [0.15, 0.2) is 36.9 Å². The maximum absolute atomic E-state index is 11.7. The normalized spacial score (nSPS) is 15.9. The number of nitrogens with zero attached hydrogens (tertiary/aromatic N) is 2. The summed E-state index contributed by atoms with van der Waals surface area (Å²) in [6.45, 7) is 10.6. The molecule has 1 heterocycles. The average Bonchev–Trinajstić information content (AvgIpc) is 2.47. The van der Waals surface area contributed by atoms with Crippen molar-refractivity contribution in [3.8, 4) is 0 Å². The van der Waals surface area contributed by atoms with Crippen LogP contribution in [0.3, 0.4) is 0 Å². The first-order chi connectivity index (χ1) is 9.70. The van der Waals surface area contributed by atoms with Gasteiger partial charge < -0.3 is 10.2 Å². The van der Waals surface area contributed by atoms with Gasteiger partial charge in [0.15, 0.2) is 0 Å². The Morgan fingerprint density at radius 2 is 2.00 bits per heavy atom. The van der Waals surface area contributed by atoms with Crippen molar-refractivity contribution >= 4 is 11.6 Å². The fourth-order valence-electron chi connectivity index (χ4n) is 2.51. The average molecular weight is 273 g/mol. The van der Waals surface area contributed by atoms with E-state index >= 15 is 0 Å². The molecule has 1 fully saturated rings. The number of carbonyl (C=O) groups excluding carboxylic acids is 1. The molecule has 1 aliphatic rings. The van der Waals surface area contributed by atoms with Gasteiger partial charge in [-0.25, -0.2) is 0 Å². The molecule has 0 unspecified atom stereocenters. The van der Waals surface area contributed by atoms with Gasteiger partial charge in [-0.3, -0.25) is 9.69 Å². The third-order valence-electron chi connectivity index (χ3n) is 3.64. The Labute approximate surface area is 121 Å². The summed E-state index contributed by atoms with van der Waals surface area (Å²) in [5.41, 5.74) is 2.62. The summed E-state index contributed by atoms with van der Waals surface area (Å²) in [5.74, 6) is 0.0780. The molecule has 0 spiro atoms. The molecule has 0 aromatic heterocycles. The lowest BCUT2D eigenvalue weighted by atomic mass is 10.1. The minimum atomic E-state index is 0.0780. The van der Waals surface area contributed by atoms with Crippen LogP contribution in [0.25, 0.3) is 0 Å². The highest BCUT2D eigenvalue weighted by atomic mass is 16.2. The van der Waals surface area contributed by atoms with E-state index in [1.807, 2.05) is 0 Å². The molecule has 0 aliphatic carbocycles. The van der Waals surface area contributed by atoms with E-state index in [1.165, 1.54) is 11.3 Å². The highest BCUT2D eigenvalue weighted by molar-refractivity contribution is 5.78. The SMILES string of the molecule is C=CCNC(=O)CN1CCN(c2ccccc2C)CC1. The van der Waals surface area contributed by atoms with E-state index in [1.54, 1.807) is 6.08 Å². The number of para-hydroxylation sites is 1. The van der Waals surface area contributed by atoms with Crippen molar-refractivity contribution in [1.29, 1.82) is 0 Å². The predicted octanol–water partition coefficient (Wildman–Crippen LogP) is 1.42. The Morgan fingerprint density at radius 1 is 1.30 bits per heavy atom. The van der Waals surface area contributed by atoms with Gasteiger partial charge in [0.2, 0.25) is 5.91 Å². The number of amides is 1. The fraction of sp³-hybridized carbons (Fsp3) is 0.438. The van der Waals surface area contributed by atoms with Crippen LogP contribution in [0.4, 0.5) is 5.69 Å². The molecule has 1 amide bonds. The summed E-state index contributed by atoms with van der Waals surface area (Å²) in [6.07, 6.45) is 1.70. The van der Waals surface area contributed by atoms with E-state index in [9.17, 15) is 4.79 Å². The van der Waals surface area contributed by atoms with Gasteiger partial charge in [-0.1, -0.05) is 24.3 Å². The molecule has 1 saturated heterocycles. The minimum absolute atomic E-state index is 0.0780. The second kappa shape index (κ2) is 7.10. The molecule has 2 rings (SSSR count). The highest BCUT2D eigenvalue weighted by Gasteiger charge is 2.19. The number of aryl methyl sites for hydroxylation is 1. The standard InChI is InChI=1S/C16H23N3O/c1-3-8-17-16(20)13-18-9-11-19(12-10-18)15-7-5-4-6-14(15)2/h3-7H,1,8-13H2,2H3,(H,17,20). The Hall–Kier alpha value is -1.81. The molecule has 0 atom stereocenters. The Balaban J connectivity index is 1.82. The van der Waals surface area contributed by atoms with Crippen molar-refractivity contribution in [1.82, 2.24) is 10.2 Å². The molecule has 4 heteroatoms. The summed E-state index contributed by atoms with van der Waals surface area (Å²) in [5, 5.41) is 2.82. The summed E-state index contributed by atoms with van der Waals surface area (Å²) < 4.78 is 0. The van der Waals surface area contributed by atoms with Crippen LogP contribution in [0.1, 0.15) is 5.56 Å². The number of nitrogens with one attached hydrogen (secondary N) is 1. The third-order valence-corrected chi connectivity index (χ3v) is 3.64. The molecule has 0 radical (unpaired) electrons. The van der Waals surface area contributed by atoms with E-state index in [0.29, 0.717) is 13.1 Å². The van der Waals surface area contributed by atoms with Gasteiger partial charge in [-0.05, 0) is 18.6 Å². The number of anilines is 1. The first-order valence-electron chi connectivity index (χ1n) is 7.11. The van der Waals surface area contributed by atoms with E-state index in [2.05, 4.69) is 52.9 Å². The van der Waals surface area contributed by atoms with Crippen molar-refractivity contribution in [2.45, 2.75) is 6.92 Å². The Morgan fingerprint density at radius 3 is 2.65 bits per heavy atom. The molecular formula is C16H23N3O. The lowest BCUT2D eigenvalue weighted by Crippen LogP contribution is -2.49. The van der Waals surface area contributed by atoms with Crippen LogP contribution in [-0.4, -0.2) is 50.1 Å². The lowest BCUT2D eigenvalue weighted by molar-refractivity contribution is -0.122. The smallest absolute Gasteiger partial charge is 0.234 e. The maximum atomic E-state index is 11.7. The van der Waals surface area contributed by atoms with Crippen LogP contribution in [0, 0.1) is 6.92 Å². The summed E-state index contributed by atoms with van der Waals surface area (Å²) in [4.78, 5) is 16.3. The lowest BCUT2D eigenvalue weighted by Gasteiger charge is -2.36. The van der Waals surface area contributed by atoms with Gasteiger partial charge in [-0.15, -0.1) is 6.58 Å². The van der Waals surface area contributed by atoms with E-state index in [4.69, 9.17) is 0 Å². The molecule has 20 heavy (non-hydrogen) atoms. The molecule has 0 bridgehead atoms. The molecule has 1 aromatic carbocycles. The van der Waals surface area contributed by atoms with Gasteiger partial charge in [0.1, 0.15) is 0 Å². The number of hydrogen-bond acceptors (Lipinski definition) is 3. The number of benzene rings is 1. The summed E-state index contributed by atoms with van der Waals surface area (Å²) >= 11 is 0. The number of piperazine rings is 1. The van der Waals surface area contributed by atoms with E-state index < -0.39 is 0 Å². The highest BCUT2D eigenvalue weighted by Crippen LogP contribution is 2.20. The number of rotatable bonds is 5. The van der Waals surface area contributed by atoms with Gasteiger partial charge in [0, 0.05) is 38.4 Å². The van der Waals surface area contributed by atoms with Crippen LogP contribution in [0.5, 0.6) is 0 Å². The second-order valence-electron chi connectivity index (χ2n) is 5.14. The van der Waals surface area contributed by atoms with Gasteiger partial charge in [0.05, 0.1) is 6.54 Å². The van der Waals surface area contributed by atoms with E-state index in [0.717, 1.165) is 26.2 Å². The molecule has 1 N–H and O–H groups in total. The van der Waals surface area contributed by atoms with Crippen molar-refractivity contribution in [3.63, 3.8) is 0 Å². The maximum Gasteiger partial charge on any atom is 0.234 e.